The van der Waals surface area contributed by atoms with Gasteiger partial charge in [-0.15, -0.1) is 11.3 Å². The van der Waals surface area contributed by atoms with Crippen molar-refractivity contribution >= 4 is 21.4 Å². The van der Waals surface area contributed by atoms with E-state index in [1.165, 1.54) is 4.88 Å². The molecule has 0 saturated carbocycles. The second kappa shape index (κ2) is 7.35. The van der Waals surface area contributed by atoms with Gasteiger partial charge in [0.2, 0.25) is 0 Å². The van der Waals surface area contributed by atoms with Crippen LogP contribution in [0, 0.1) is 5.92 Å². The van der Waals surface area contributed by atoms with Gasteiger partial charge in [0.25, 0.3) is 10.0 Å². The van der Waals surface area contributed by atoms with Crippen LogP contribution in [0.25, 0.3) is 0 Å². The van der Waals surface area contributed by atoms with Crippen molar-refractivity contribution in [1.82, 2.24) is 18.8 Å². The zero-order valence-electron chi connectivity index (χ0n) is 14.1. The molecule has 1 fully saturated rings. The predicted molar refractivity (Wildman–Crippen MR) is 95.4 cm³/mol. The maximum Gasteiger partial charge on any atom is 0.262 e. The van der Waals surface area contributed by atoms with E-state index in [1.807, 2.05) is 10.6 Å². The van der Waals surface area contributed by atoms with Crippen molar-refractivity contribution in [2.75, 3.05) is 26.2 Å². The van der Waals surface area contributed by atoms with Crippen molar-refractivity contribution in [2.24, 2.45) is 5.92 Å². The van der Waals surface area contributed by atoms with E-state index in [0.717, 1.165) is 26.2 Å². The number of imidazole rings is 1. The highest BCUT2D eigenvalue weighted by molar-refractivity contribution is 7.89. The molecule has 0 aliphatic carbocycles. The van der Waals surface area contributed by atoms with Gasteiger partial charge in [-0.2, -0.15) is 4.31 Å². The van der Waals surface area contributed by atoms with Crippen LogP contribution in [0.15, 0.2) is 35.1 Å². The van der Waals surface area contributed by atoms with Gasteiger partial charge in [0.1, 0.15) is 0 Å². The average Bonchev–Trinajstić information content (AvgIpc) is 3.19. The van der Waals surface area contributed by atoms with Crippen LogP contribution in [0.2, 0.25) is 0 Å². The minimum Gasteiger partial charge on any atom is -0.336 e. The quantitative estimate of drug-likeness (QED) is 0.784. The van der Waals surface area contributed by atoms with E-state index < -0.39 is 10.0 Å². The Hall–Kier alpha value is -1.22. The minimum atomic E-state index is -3.49. The molecule has 8 heteroatoms. The number of hydrogen-bond acceptors (Lipinski definition) is 5. The van der Waals surface area contributed by atoms with Gasteiger partial charge in [-0.25, -0.2) is 13.4 Å². The normalized spacial score (nSPS) is 17.6. The molecule has 6 nitrogen and oxygen atoms in total. The lowest BCUT2D eigenvalue weighted by Gasteiger charge is -2.33. The molecule has 0 N–H and O–H groups in total. The van der Waals surface area contributed by atoms with Gasteiger partial charge in [0.15, 0.2) is 5.03 Å². The molecule has 1 saturated heterocycles. The lowest BCUT2D eigenvalue weighted by molar-refractivity contribution is 0.182. The number of hydrogen-bond donors (Lipinski definition) is 0. The molecule has 2 aromatic heterocycles. The zero-order chi connectivity index (χ0) is 17.2. The van der Waals surface area contributed by atoms with Crippen LogP contribution < -0.4 is 0 Å². The van der Waals surface area contributed by atoms with Crippen LogP contribution in [0.1, 0.15) is 18.7 Å². The monoisotopic (exact) mass is 368 g/mol. The summed E-state index contributed by atoms with van der Waals surface area (Å²) in [6.45, 7) is 8.41. The van der Waals surface area contributed by atoms with Gasteiger partial charge in [0, 0.05) is 50.3 Å². The first-order chi connectivity index (χ1) is 11.4. The van der Waals surface area contributed by atoms with Gasteiger partial charge in [-0.3, -0.25) is 4.90 Å². The molecule has 3 rings (SSSR count). The summed E-state index contributed by atoms with van der Waals surface area (Å²) < 4.78 is 28.9. The van der Waals surface area contributed by atoms with Crippen molar-refractivity contribution in [3.8, 4) is 0 Å². The minimum absolute atomic E-state index is 0.162. The Kier molecular flexibility index (Phi) is 5.39. The smallest absolute Gasteiger partial charge is 0.262 e. The first kappa shape index (κ1) is 17.6. The van der Waals surface area contributed by atoms with Gasteiger partial charge in [-0.05, 0) is 17.4 Å². The second-order valence-corrected chi connectivity index (χ2v) is 9.48. The first-order valence-corrected chi connectivity index (χ1v) is 10.5. The number of sulfonamides is 1. The van der Waals surface area contributed by atoms with Gasteiger partial charge >= 0.3 is 0 Å². The highest BCUT2D eigenvalue weighted by atomic mass is 32.2. The van der Waals surface area contributed by atoms with Crippen molar-refractivity contribution in [1.29, 1.82) is 0 Å². The molecule has 0 aromatic carbocycles. The fraction of sp³-hybridized carbons (Fsp3) is 0.562. The lowest BCUT2D eigenvalue weighted by Crippen LogP contribution is -2.48. The van der Waals surface area contributed by atoms with Crippen molar-refractivity contribution in [2.45, 2.75) is 32.0 Å². The zero-order valence-corrected chi connectivity index (χ0v) is 15.8. The molecule has 1 aliphatic rings. The molecule has 0 spiro atoms. The van der Waals surface area contributed by atoms with Crippen LogP contribution >= 0.6 is 11.3 Å². The summed E-state index contributed by atoms with van der Waals surface area (Å²) in [5.74, 6) is 0.454. The third-order valence-electron chi connectivity index (χ3n) is 4.08. The van der Waals surface area contributed by atoms with Crippen molar-refractivity contribution in [3.63, 3.8) is 0 Å². The first-order valence-electron chi connectivity index (χ1n) is 8.22. The molecule has 3 heterocycles. The second-order valence-electron chi connectivity index (χ2n) is 6.56. The summed E-state index contributed by atoms with van der Waals surface area (Å²) in [7, 11) is -3.49. The van der Waals surface area contributed by atoms with E-state index >= 15 is 0 Å². The third kappa shape index (κ3) is 4.05. The van der Waals surface area contributed by atoms with Gasteiger partial charge in [-0.1, -0.05) is 19.9 Å². The van der Waals surface area contributed by atoms with Crippen LogP contribution in [-0.4, -0.2) is 53.4 Å². The standard InChI is InChI=1S/C16H24N4O2S2/c1-14(2)10-19-12-16(17-13-19)24(21,22)20-7-5-18(6-8-20)11-15-4-3-9-23-15/h3-4,9,12-14H,5-8,10-11H2,1-2H3. The lowest BCUT2D eigenvalue weighted by atomic mass is 10.2. The number of thiophene rings is 1. The van der Waals surface area contributed by atoms with E-state index in [2.05, 4.69) is 35.2 Å². The molecule has 1 aliphatic heterocycles. The number of aromatic nitrogens is 2. The Morgan fingerprint density at radius 2 is 2.00 bits per heavy atom. The van der Waals surface area contributed by atoms with E-state index in [1.54, 1.807) is 28.2 Å². The molecular weight excluding hydrogens is 344 g/mol. The maximum atomic E-state index is 12.7. The fourth-order valence-electron chi connectivity index (χ4n) is 2.88. The Labute approximate surface area is 147 Å². The van der Waals surface area contributed by atoms with Gasteiger partial charge < -0.3 is 4.57 Å². The Morgan fingerprint density at radius 1 is 1.25 bits per heavy atom. The van der Waals surface area contributed by atoms with Crippen LogP contribution in [-0.2, 0) is 23.1 Å². The highest BCUT2D eigenvalue weighted by Crippen LogP contribution is 2.18. The van der Waals surface area contributed by atoms with Crippen LogP contribution in [0.5, 0.6) is 0 Å². The Bertz CT molecular complexity index is 745. The largest absolute Gasteiger partial charge is 0.336 e. The predicted octanol–water partition coefficient (Wildman–Crippen LogP) is 2.11. The SMILES string of the molecule is CC(C)Cn1cnc(S(=O)(=O)N2CCN(Cc3cccs3)CC2)c1. The number of nitrogens with zero attached hydrogens (tertiary/aromatic N) is 4. The van der Waals surface area contributed by atoms with E-state index in [9.17, 15) is 8.42 Å². The molecular formula is C16H24N4O2S2. The maximum absolute atomic E-state index is 12.7. The molecule has 0 atom stereocenters. The molecule has 24 heavy (non-hydrogen) atoms. The highest BCUT2D eigenvalue weighted by Gasteiger charge is 2.30. The van der Waals surface area contributed by atoms with E-state index in [4.69, 9.17) is 0 Å². The molecule has 0 bridgehead atoms. The molecule has 0 radical (unpaired) electrons. The van der Waals surface area contributed by atoms with Crippen LogP contribution in [0.3, 0.4) is 0 Å². The summed E-state index contributed by atoms with van der Waals surface area (Å²) >= 11 is 1.74. The fourth-order valence-corrected chi connectivity index (χ4v) is 4.98. The van der Waals surface area contributed by atoms with E-state index in [-0.39, 0.29) is 5.03 Å². The topological polar surface area (TPSA) is 58.4 Å². The summed E-state index contributed by atoms with van der Waals surface area (Å²) in [6.07, 6.45) is 3.26. The third-order valence-corrected chi connectivity index (χ3v) is 6.73. The summed E-state index contributed by atoms with van der Waals surface area (Å²) in [5, 5.41) is 2.23. The summed E-state index contributed by atoms with van der Waals surface area (Å²) in [4.78, 5) is 7.74. The molecule has 132 valence electrons. The number of rotatable bonds is 6. The number of piperazine rings is 1. The molecule has 2 aromatic rings. The molecule has 0 unspecified atom stereocenters. The van der Waals surface area contributed by atoms with Crippen molar-refractivity contribution in [3.05, 3.63) is 34.9 Å². The Morgan fingerprint density at radius 3 is 2.62 bits per heavy atom. The molecule has 0 amide bonds. The Balaban J connectivity index is 1.61. The van der Waals surface area contributed by atoms with Crippen molar-refractivity contribution < 1.29 is 8.42 Å². The average molecular weight is 369 g/mol. The summed E-state index contributed by atoms with van der Waals surface area (Å²) in [5.41, 5.74) is 0. The summed E-state index contributed by atoms with van der Waals surface area (Å²) in [6, 6.07) is 4.17. The van der Waals surface area contributed by atoms with Gasteiger partial charge in [0.05, 0.1) is 6.33 Å². The van der Waals surface area contributed by atoms with E-state index in [0.29, 0.717) is 19.0 Å². The van der Waals surface area contributed by atoms with Crippen LogP contribution in [0.4, 0.5) is 0 Å².